The summed E-state index contributed by atoms with van der Waals surface area (Å²) in [4.78, 5) is 18.2. The fourth-order valence-corrected chi connectivity index (χ4v) is 3.73. The Morgan fingerprint density at radius 1 is 1.32 bits per heavy atom. The normalized spacial score (nSPS) is 21.0. The SMILES string of the molecule is CN1CCN(C(=O)C2(c3cc(-c4cccs4)on3)CC2)CC1. The van der Waals surface area contributed by atoms with Gasteiger partial charge in [0.25, 0.3) is 0 Å². The van der Waals surface area contributed by atoms with Gasteiger partial charge in [-0.05, 0) is 31.3 Å². The van der Waals surface area contributed by atoms with Gasteiger partial charge in [-0.3, -0.25) is 4.79 Å². The Balaban J connectivity index is 1.55. The van der Waals surface area contributed by atoms with Gasteiger partial charge in [0.15, 0.2) is 5.76 Å². The number of carbonyl (C=O) groups is 1. The minimum atomic E-state index is -0.422. The molecule has 0 radical (unpaired) electrons. The van der Waals surface area contributed by atoms with E-state index in [1.165, 1.54) is 0 Å². The topological polar surface area (TPSA) is 49.6 Å². The smallest absolute Gasteiger partial charge is 0.235 e. The highest BCUT2D eigenvalue weighted by atomic mass is 32.1. The van der Waals surface area contributed by atoms with E-state index in [0.717, 1.165) is 55.4 Å². The molecule has 0 bridgehead atoms. The summed E-state index contributed by atoms with van der Waals surface area (Å²) in [7, 11) is 2.10. The first-order valence-corrected chi connectivity index (χ1v) is 8.56. The van der Waals surface area contributed by atoms with Crippen molar-refractivity contribution < 1.29 is 9.32 Å². The first kappa shape index (κ1) is 14.0. The quantitative estimate of drug-likeness (QED) is 0.871. The molecule has 3 heterocycles. The molecular weight excluding hydrogens is 298 g/mol. The largest absolute Gasteiger partial charge is 0.355 e. The zero-order valence-corrected chi connectivity index (χ0v) is 13.4. The third kappa shape index (κ3) is 2.27. The van der Waals surface area contributed by atoms with Crippen LogP contribution in [0.3, 0.4) is 0 Å². The van der Waals surface area contributed by atoms with Crippen molar-refractivity contribution in [3.63, 3.8) is 0 Å². The predicted molar refractivity (Wildman–Crippen MR) is 84.8 cm³/mol. The lowest BCUT2D eigenvalue weighted by Crippen LogP contribution is -2.50. The summed E-state index contributed by atoms with van der Waals surface area (Å²) in [5, 5.41) is 6.22. The molecule has 0 unspecified atom stereocenters. The number of hydrogen-bond acceptors (Lipinski definition) is 5. The molecule has 5 nitrogen and oxygen atoms in total. The summed E-state index contributed by atoms with van der Waals surface area (Å²) in [6.45, 7) is 3.52. The molecule has 1 aliphatic carbocycles. The van der Waals surface area contributed by atoms with Crippen LogP contribution in [-0.2, 0) is 10.2 Å². The van der Waals surface area contributed by atoms with E-state index >= 15 is 0 Å². The van der Waals surface area contributed by atoms with Crippen LogP contribution in [0.4, 0.5) is 0 Å². The Bertz CT molecular complexity index is 667. The molecule has 1 saturated carbocycles. The molecule has 2 aromatic heterocycles. The van der Waals surface area contributed by atoms with Crippen molar-refractivity contribution >= 4 is 17.2 Å². The van der Waals surface area contributed by atoms with Gasteiger partial charge in [0.2, 0.25) is 5.91 Å². The fourth-order valence-electron chi connectivity index (χ4n) is 3.05. The number of aromatic nitrogens is 1. The second-order valence-corrected chi connectivity index (χ2v) is 7.18. The van der Waals surface area contributed by atoms with Crippen LogP contribution in [0.25, 0.3) is 10.6 Å². The Morgan fingerprint density at radius 2 is 2.09 bits per heavy atom. The average molecular weight is 317 g/mol. The summed E-state index contributed by atoms with van der Waals surface area (Å²) < 4.78 is 5.47. The van der Waals surface area contributed by atoms with Crippen LogP contribution in [0.2, 0.25) is 0 Å². The Labute approximate surface area is 133 Å². The maximum absolute atomic E-state index is 12.9. The van der Waals surface area contributed by atoms with Crippen molar-refractivity contribution in [2.24, 2.45) is 0 Å². The lowest BCUT2D eigenvalue weighted by molar-refractivity contribution is -0.135. The van der Waals surface area contributed by atoms with Crippen LogP contribution in [-0.4, -0.2) is 54.1 Å². The van der Waals surface area contributed by atoms with Crippen LogP contribution < -0.4 is 0 Å². The molecule has 0 N–H and O–H groups in total. The van der Waals surface area contributed by atoms with Crippen LogP contribution in [0.5, 0.6) is 0 Å². The number of likely N-dealkylation sites (N-methyl/N-ethyl adjacent to an activating group) is 1. The van der Waals surface area contributed by atoms with Crippen LogP contribution in [0.15, 0.2) is 28.1 Å². The molecule has 116 valence electrons. The van der Waals surface area contributed by atoms with E-state index in [1.54, 1.807) is 11.3 Å². The second kappa shape index (κ2) is 5.21. The fraction of sp³-hybridized carbons (Fsp3) is 0.500. The van der Waals surface area contributed by atoms with E-state index in [9.17, 15) is 4.79 Å². The Hall–Kier alpha value is -1.66. The van der Waals surface area contributed by atoms with Gasteiger partial charge in [-0.15, -0.1) is 11.3 Å². The van der Waals surface area contributed by atoms with Crippen molar-refractivity contribution in [1.29, 1.82) is 0 Å². The summed E-state index contributed by atoms with van der Waals surface area (Å²) in [5.41, 5.74) is 0.384. The van der Waals surface area contributed by atoms with Gasteiger partial charge in [0.05, 0.1) is 16.0 Å². The van der Waals surface area contributed by atoms with Gasteiger partial charge < -0.3 is 14.3 Å². The standard InChI is InChI=1S/C16H19N3O2S/c1-18-6-8-19(9-7-18)15(20)16(4-5-16)14-11-12(21-17-14)13-3-2-10-22-13/h2-3,10-11H,4-9H2,1H3. The van der Waals surface area contributed by atoms with E-state index in [0.29, 0.717) is 0 Å². The van der Waals surface area contributed by atoms with Gasteiger partial charge in [-0.2, -0.15) is 0 Å². The number of hydrogen-bond donors (Lipinski definition) is 0. The highest BCUT2D eigenvalue weighted by Gasteiger charge is 2.55. The number of carbonyl (C=O) groups excluding carboxylic acids is 1. The van der Waals surface area contributed by atoms with Crippen LogP contribution in [0, 0.1) is 0 Å². The van der Waals surface area contributed by atoms with E-state index in [-0.39, 0.29) is 5.91 Å². The Kier molecular flexibility index (Phi) is 3.31. The summed E-state index contributed by atoms with van der Waals surface area (Å²) in [6.07, 6.45) is 1.77. The van der Waals surface area contributed by atoms with E-state index in [2.05, 4.69) is 17.1 Å². The van der Waals surface area contributed by atoms with Crippen molar-refractivity contribution in [2.75, 3.05) is 33.2 Å². The molecule has 0 aromatic carbocycles. The number of thiophene rings is 1. The lowest BCUT2D eigenvalue weighted by atomic mass is 9.99. The molecule has 22 heavy (non-hydrogen) atoms. The first-order valence-electron chi connectivity index (χ1n) is 7.68. The summed E-state index contributed by atoms with van der Waals surface area (Å²) >= 11 is 1.62. The lowest BCUT2D eigenvalue weighted by Gasteiger charge is -2.34. The third-order valence-corrected chi connectivity index (χ3v) is 5.60. The highest BCUT2D eigenvalue weighted by Crippen LogP contribution is 2.50. The van der Waals surface area contributed by atoms with Gasteiger partial charge >= 0.3 is 0 Å². The van der Waals surface area contributed by atoms with Crippen molar-refractivity contribution in [3.8, 4) is 10.6 Å². The molecule has 2 fully saturated rings. The predicted octanol–water partition coefficient (Wildman–Crippen LogP) is 2.21. The molecule has 0 atom stereocenters. The van der Waals surface area contributed by atoms with Crippen molar-refractivity contribution in [2.45, 2.75) is 18.3 Å². The molecule has 1 aliphatic heterocycles. The number of rotatable bonds is 3. The van der Waals surface area contributed by atoms with Gasteiger partial charge in [0.1, 0.15) is 0 Å². The summed E-state index contributed by atoms with van der Waals surface area (Å²) in [6, 6.07) is 5.95. The number of amides is 1. The van der Waals surface area contributed by atoms with E-state index in [4.69, 9.17) is 4.52 Å². The zero-order valence-electron chi connectivity index (χ0n) is 12.6. The zero-order chi connectivity index (χ0) is 15.2. The molecule has 4 rings (SSSR count). The molecule has 0 spiro atoms. The van der Waals surface area contributed by atoms with Gasteiger partial charge in [0, 0.05) is 32.2 Å². The molecule has 6 heteroatoms. The third-order valence-electron chi connectivity index (χ3n) is 4.71. The molecule has 1 saturated heterocycles. The number of nitrogens with zero attached hydrogens (tertiary/aromatic N) is 3. The maximum atomic E-state index is 12.9. The molecule has 2 aliphatic rings. The van der Waals surface area contributed by atoms with Crippen LogP contribution in [0.1, 0.15) is 18.5 Å². The van der Waals surface area contributed by atoms with Gasteiger partial charge in [-0.25, -0.2) is 0 Å². The minimum absolute atomic E-state index is 0.228. The monoisotopic (exact) mass is 317 g/mol. The number of piperazine rings is 1. The molecule has 2 aromatic rings. The first-order chi connectivity index (χ1) is 10.7. The average Bonchev–Trinajstić information content (AvgIpc) is 2.96. The minimum Gasteiger partial charge on any atom is -0.355 e. The molecular formula is C16H19N3O2S. The highest BCUT2D eigenvalue weighted by molar-refractivity contribution is 7.13. The van der Waals surface area contributed by atoms with Crippen LogP contribution >= 0.6 is 11.3 Å². The molecule has 1 amide bonds. The second-order valence-electron chi connectivity index (χ2n) is 6.23. The Morgan fingerprint density at radius 3 is 2.73 bits per heavy atom. The van der Waals surface area contributed by atoms with E-state index < -0.39 is 5.41 Å². The summed E-state index contributed by atoms with van der Waals surface area (Å²) in [5.74, 6) is 0.995. The van der Waals surface area contributed by atoms with E-state index in [1.807, 2.05) is 28.5 Å². The maximum Gasteiger partial charge on any atom is 0.235 e. The van der Waals surface area contributed by atoms with Crippen molar-refractivity contribution in [1.82, 2.24) is 15.0 Å². The van der Waals surface area contributed by atoms with Crippen molar-refractivity contribution in [3.05, 3.63) is 29.3 Å². The van der Waals surface area contributed by atoms with Gasteiger partial charge in [-0.1, -0.05) is 11.2 Å².